The van der Waals surface area contributed by atoms with Gasteiger partial charge in [0.2, 0.25) is 0 Å². The normalized spacial score (nSPS) is 22.4. The SMILES string of the molecule is O=C(O)c1cnc(N2C3CC[C@H]2CC(OCc2c(-c4ccccc4OC(F)(F)F)noc2C2CC2)C3)cc1C(F)(F)F. The molecule has 42 heavy (non-hydrogen) atoms. The van der Waals surface area contributed by atoms with E-state index in [0.717, 1.165) is 25.1 Å². The lowest BCUT2D eigenvalue weighted by Gasteiger charge is -2.40. The van der Waals surface area contributed by atoms with Crippen LogP contribution in [0.3, 0.4) is 0 Å². The number of pyridine rings is 1. The third-order valence-electron chi connectivity index (χ3n) is 7.98. The number of fused-ring (bicyclic) bond motifs is 2. The fourth-order valence-electron chi connectivity index (χ4n) is 6.04. The second-order valence-corrected chi connectivity index (χ2v) is 10.8. The number of hydrogen-bond acceptors (Lipinski definition) is 7. The number of carboxylic acid groups (broad SMARTS) is 1. The van der Waals surface area contributed by atoms with Crippen molar-refractivity contribution in [2.45, 2.75) is 81.8 Å². The van der Waals surface area contributed by atoms with Crippen LogP contribution in [-0.4, -0.2) is 45.8 Å². The Morgan fingerprint density at radius 2 is 1.74 bits per heavy atom. The minimum absolute atomic E-state index is 0.0267. The van der Waals surface area contributed by atoms with Crippen molar-refractivity contribution in [1.29, 1.82) is 0 Å². The average Bonchev–Trinajstić information content (AvgIpc) is 3.62. The van der Waals surface area contributed by atoms with Gasteiger partial charge in [-0.3, -0.25) is 0 Å². The van der Waals surface area contributed by atoms with Gasteiger partial charge in [0.25, 0.3) is 0 Å². The molecule has 3 aliphatic rings. The minimum atomic E-state index is -4.90. The highest BCUT2D eigenvalue weighted by atomic mass is 19.4. The number of hydrogen-bond donors (Lipinski definition) is 1. The van der Waals surface area contributed by atoms with Gasteiger partial charge in [0.05, 0.1) is 23.8 Å². The maximum absolute atomic E-state index is 13.6. The predicted octanol–water partition coefficient (Wildman–Crippen LogP) is 6.95. The molecule has 6 rings (SSSR count). The summed E-state index contributed by atoms with van der Waals surface area (Å²) in [7, 11) is 0. The first-order valence-corrected chi connectivity index (χ1v) is 13.4. The van der Waals surface area contributed by atoms with Gasteiger partial charge in [-0.25, -0.2) is 9.78 Å². The monoisotopic (exact) mass is 597 g/mol. The Labute approximate surface area is 235 Å². The number of ether oxygens (including phenoxy) is 2. The zero-order valence-corrected chi connectivity index (χ0v) is 21.9. The van der Waals surface area contributed by atoms with E-state index >= 15 is 0 Å². The smallest absolute Gasteiger partial charge is 0.478 e. The standard InChI is InChI=1S/C28H25F6N3O5/c29-27(30,31)21-11-23(35-12-19(21)26(38)39)37-15-7-8-16(37)10-17(9-15)40-13-20-24(36-42-25(20)14-5-6-14)18-3-1-2-4-22(18)41-28(32,33)34/h1-4,11-12,14-17H,5-10,13H2,(H,38,39)/t15-,16?,17?/m0/s1. The summed E-state index contributed by atoms with van der Waals surface area (Å²) in [6.45, 7) is 0.0267. The molecule has 1 N–H and O–H groups in total. The molecule has 2 unspecified atom stereocenters. The second-order valence-electron chi connectivity index (χ2n) is 10.8. The molecule has 2 aliphatic heterocycles. The number of carboxylic acids is 1. The first kappa shape index (κ1) is 28.3. The fraction of sp³-hybridized carbons (Fsp3) is 0.464. The van der Waals surface area contributed by atoms with E-state index in [2.05, 4.69) is 14.9 Å². The van der Waals surface area contributed by atoms with E-state index in [1.54, 1.807) is 6.07 Å². The molecular weight excluding hydrogens is 572 g/mol. The zero-order valence-electron chi connectivity index (χ0n) is 21.9. The minimum Gasteiger partial charge on any atom is -0.478 e. The van der Waals surface area contributed by atoms with Crippen LogP contribution in [0.25, 0.3) is 11.3 Å². The number of anilines is 1. The lowest BCUT2D eigenvalue weighted by atomic mass is 9.98. The van der Waals surface area contributed by atoms with Crippen LogP contribution in [0.15, 0.2) is 41.1 Å². The number of alkyl halides is 6. The van der Waals surface area contributed by atoms with Crippen LogP contribution in [0.4, 0.5) is 32.2 Å². The molecule has 224 valence electrons. The van der Waals surface area contributed by atoms with Crippen LogP contribution in [0.2, 0.25) is 0 Å². The second kappa shape index (κ2) is 10.5. The molecular formula is C28H25F6N3O5. The summed E-state index contributed by atoms with van der Waals surface area (Å²) in [5, 5.41) is 13.3. The quantitative estimate of drug-likeness (QED) is 0.279. The largest absolute Gasteiger partial charge is 0.573 e. The molecule has 4 heterocycles. The third kappa shape index (κ3) is 5.63. The van der Waals surface area contributed by atoms with Crippen LogP contribution < -0.4 is 9.64 Å². The summed E-state index contributed by atoms with van der Waals surface area (Å²) in [5.41, 5.74) is -1.28. The molecule has 3 fully saturated rings. The molecule has 0 spiro atoms. The van der Waals surface area contributed by atoms with Crippen molar-refractivity contribution in [3.63, 3.8) is 0 Å². The van der Waals surface area contributed by atoms with Gasteiger partial charge >= 0.3 is 18.5 Å². The summed E-state index contributed by atoms with van der Waals surface area (Å²) in [6, 6.07) is 6.11. The first-order chi connectivity index (χ1) is 19.9. The van der Waals surface area contributed by atoms with Crippen LogP contribution in [0, 0.1) is 0 Å². The third-order valence-corrected chi connectivity index (χ3v) is 7.98. The van der Waals surface area contributed by atoms with Gasteiger partial charge in [0, 0.05) is 35.3 Å². The number of halogens is 6. The molecule has 3 aromatic rings. The summed E-state index contributed by atoms with van der Waals surface area (Å²) in [5.74, 6) is -1.39. The van der Waals surface area contributed by atoms with E-state index < -0.39 is 35.4 Å². The van der Waals surface area contributed by atoms with E-state index in [1.807, 2.05) is 4.90 Å². The molecule has 0 amide bonds. The summed E-state index contributed by atoms with van der Waals surface area (Å²) >= 11 is 0. The molecule has 3 atom stereocenters. The van der Waals surface area contributed by atoms with Gasteiger partial charge in [0.15, 0.2) is 0 Å². The molecule has 8 nitrogen and oxygen atoms in total. The highest BCUT2D eigenvalue weighted by Crippen LogP contribution is 2.47. The Balaban J connectivity index is 1.21. The number of carbonyl (C=O) groups is 1. The first-order valence-electron chi connectivity index (χ1n) is 13.4. The van der Waals surface area contributed by atoms with Crippen molar-refractivity contribution in [3.05, 3.63) is 59.0 Å². The summed E-state index contributed by atoms with van der Waals surface area (Å²) < 4.78 is 96.1. The number of benzene rings is 1. The van der Waals surface area contributed by atoms with Gasteiger partial charge < -0.3 is 24.0 Å². The Morgan fingerprint density at radius 1 is 1.05 bits per heavy atom. The lowest BCUT2D eigenvalue weighted by molar-refractivity contribution is -0.274. The van der Waals surface area contributed by atoms with Crippen LogP contribution >= 0.6 is 0 Å². The lowest BCUT2D eigenvalue weighted by Crippen LogP contribution is -2.46. The Hall–Kier alpha value is -3.81. The number of aromatic carboxylic acids is 1. The Bertz CT molecular complexity index is 1470. The van der Waals surface area contributed by atoms with Crippen molar-refractivity contribution in [1.82, 2.24) is 10.1 Å². The number of rotatable bonds is 8. The van der Waals surface area contributed by atoms with Gasteiger partial charge in [0.1, 0.15) is 23.0 Å². The van der Waals surface area contributed by atoms with Crippen molar-refractivity contribution in [3.8, 4) is 17.0 Å². The molecule has 2 saturated heterocycles. The molecule has 1 aromatic carbocycles. The van der Waals surface area contributed by atoms with E-state index in [-0.39, 0.29) is 47.8 Å². The van der Waals surface area contributed by atoms with Crippen LogP contribution in [0.5, 0.6) is 5.75 Å². The van der Waals surface area contributed by atoms with Crippen molar-refractivity contribution in [2.24, 2.45) is 0 Å². The van der Waals surface area contributed by atoms with E-state index in [9.17, 15) is 36.2 Å². The van der Waals surface area contributed by atoms with Crippen molar-refractivity contribution >= 4 is 11.8 Å². The maximum Gasteiger partial charge on any atom is 0.573 e. The Kier molecular flexibility index (Phi) is 7.06. The van der Waals surface area contributed by atoms with E-state index in [1.165, 1.54) is 18.2 Å². The maximum atomic E-state index is 13.6. The summed E-state index contributed by atoms with van der Waals surface area (Å²) in [4.78, 5) is 17.2. The fourth-order valence-corrected chi connectivity index (χ4v) is 6.04. The predicted molar refractivity (Wildman–Crippen MR) is 134 cm³/mol. The molecule has 14 heteroatoms. The van der Waals surface area contributed by atoms with Crippen molar-refractivity contribution in [2.75, 3.05) is 4.90 Å². The number of nitrogens with zero attached hydrogens (tertiary/aromatic N) is 3. The van der Waals surface area contributed by atoms with Gasteiger partial charge in [-0.15, -0.1) is 13.2 Å². The van der Waals surface area contributed by atoms with Gasteiger partial charge in [-0.1, -0.05) is 17.3 Å². The topological polar surface area (TPSA) is 97.9 Å². The highest BCUT2D eigenvalue weighted by molar-refractivity contribution is 5.89. The molecule has 2 aromatic heterocycles. The van der Waals surface area contributed by atoms with E-state index in [4.69, 9.17) is 9.26 Å². The zero-order chi connectivity index (χ0) is 29.8. The number of piperidine rings is 1. The van der Waals surface area contributed by atoms with Gasteiger partial charge in [-0.05, 0) is 56.7 Å². The Morgan fingerprint density at radius 3 is 2.36 bits per heavy atom. The average molecular weight is 598 g/mol. The van der Waals surface area contributed by atoms with Crippen molar-refractivity contribution < 1.29 is 50.2 Å². The molecule has 1 saturated carbocycles. The highest BCUT2D eigenvalue weighted by Gasteiger charge is 2.44. The molecule has 1 aliphatic carbocycles. The van der Waals surface area contributed by atoms with Crippen LogP contribution in [-0.2, 0) is 17.5 Å². The molecule has 2 bridgehead atoms. The number of para-hydroxylation sites is 1. The molecule has 0 radical (unpaired) electrons. The summed E-state index contributed by atoms with van der Waals surface area (Å²) in [6.07, 6.45) is -5.22. The number of aromatic nitrogens is 2. The van der Waals surface area contributed by atoms with Crippen LogP contribution in [0.1, 0.15) is 71.7 Å². The van der Waals surface area contributed by atoms with Gasteiger partial charge in [-0.2, -0.15) is 13.2 Å². The van der Waals surface area contributed by atoms with E-state index in [0.29, 0.717) is 37.0 Å².